The number of halogens is 1. The highest BCUT2D eigenvalue weighted by Crippen LogP contribution is 2.20. The van der Waals surface area contributed by atoms with Crippen LogP contribution in [0.2, 0.25) is 0 Å². The van der Waals surface area contributed by atoms with E-state index in [1.54, 1.807) is 13.2 Å². The summed E-state index contributed by atoms with van der Waals surface area (Å²) in [6.45, 7) is 0.715. The van der Waals surface area contributed by atoms with Crippen molar-refractivity contribution in [2.45, 2.75) is 18.9 Å². The summed E-state index contributed by atoms with van der Waals surface area (Å²) in [4.78, 5) is 0. The lowest BCUT2D eigenvalue weighted by atomic mass is 10.0. The van der Waals surface area contributed by atoms with Gasteiger partial charge < -0.3 is 10.1 Å². The zero-order valence-electron chi connectivity index (χ0n) is 9.29. The van der Waals surface area contributed by atoms with Gasteiger partial charge in [0.25, 0.3) is 0 Å². The fraction of sp³-hybridized carbons (Fsp3) is 0.500. The van der Waals surface area contributed by atoms with Crippen LogP contribution in [0.4, 0.5) is 4.39 Å². The average Bonchev–Trinajstić information content (AvgIpc) is 2.26. The third kappa shape index (κ3) is 3.61. The van der Waals surface area contributed by atoms with Crippen molar-refractivity contribution in [2.24, 2.45) is 0 Å². The third-order valence-electron chi connectivity index (χ3n) is 2.47. The topological polar surface area (TPSA) is 21.3 Å². The van der Waals surface area contributed by atoms with Crippen molar-refractivity contribution in [1.29, 1.82) is 0 Å². The maximum atomic E-state index is 13.5. The van der Waals surface area contributed by atoms with E-state index < -0.39 is 0 Å². The molecule has 0 aromatic heterocycles. The summed E-state index contributed by atoms with van der Waals surface area (Å²) in [5.41, 5.74) is 0.733. The number of ether oxygens (including phenoxy) is 1. The number of rotatable bonds is 6. The fourth-order valence-electron chi connectivity index (χ4n) is 1.64. The van der Waals surface area contributed by atoms with Crippen LogP contribution >= 0.6 is 0 Å². The molecule has 0 fully saturated rings. The average molecular weight is 211 g/mol. The number of nitrogens with one attached hydrogen (secondary N) is 1. The van der Waals surface area contributed by atoms with Crippen LogP contribution in [0.1, 0.15) is 24.4 Å². The van der Waals surface area contributed by atoms with Gasteiger partial charge in [0.05, 0.1) is 0 Å². The maximum absolute atomic E-state index is 13.5. The minimum atomic E-state index is -0.144. The van der Waals surface area contributed by atoms with E-state index in [9.17, 15) is 4.39 Å². The summed E-state index contributed by atoms with van der Waals surface area (Å²) in [6, 6.07) is 6.96. The number of hydrogen-bond acceptors (Lipinski definition) is 2. The molecule has 0 aliphatic heterocycles. The van der Waals surface area contributed by atoms with Gasteiger partial charge in [-0.15, -0.1) is 0 Å². The Morgan fingerprint density at radius 1 is 1.40 bits per heavy atom. The first kappa shape index (κ1) is 12.1. The molecule has 15 heavy (non-hydrogen) atoms. The summed E-state index contributed by atoms with van der Waals surface area (Å²) in [7, 11) is 3.53. The standard InChI is InChI=1S/C12H18FNO/c1-14-12(8-5-9-15-2)10-6-3-4-7-11(10)13/h3-4,6-7,12,14H,5,8-9H2,1-2H3. The Morgan fingerprint density at radius 2 is 2.13 bits per heavy atom. The van der Waals surface area contributed by atoms with Crippen molar-refractivity contribution in [2.75, 3.05) is 20.8 Å². The SMILES string of the molecule is CNC(CCCOC)c1ccccc1F. The van der Waals surface area contributed by atoms with Crippen molar-refractivity contribution in [3.05, 3.63) is 35.6 Å². The maximum Gasteiger partial charge on any atom is 0.127 e. The molecule has 3 heteroatoms. The molecule has 84 valence electrons. The number of benzene rings is 1. The highest BCUT2D eigenvalue weighted by molar-refractivity contribution is 5.20. The van der Waals surface area contributed by atoms with Crippen LogP contribution in [-0.2, 0) is 4.74 Å². The molecule has 2 nitrogen and oxygen atoms in total. The molecule has 0 spiro atoms. The molecule has 0 aliphatic rings. The fourth-order valence-corrected chi connectivity index (χ4v) is 1.64. The van der Waals surface area contributed by atoms with Gasteiger partial charge in [-0.05, 0) is 26.0 Å². The predicted octanol–water partition coefficient (Wildman–Crippen LogP) is 2.51. The lowest BCUT2D eigenvalue weighted by Gasteiger charge is -2.16. The van der Waals surface area contributed by atoms with Crippen LogP contribution < -0.4 is 5.32 Å². The largest absolute Gasteiger partial charge is 0.385 e. The molecule has 0 saturated carbocycles. The Kier molecular flexibility index (Phi) is 5.29. The summed E-state index contributed by atoms with van der Waals surface area (Å²) in [5.74, 6) is -0.144. The van der Waals surface area contributed by atoms with E-state index >= 15 is 0 Å². The first-order chi connectivity index (χ1) is 7.29. The van der Waals surface area contributed by atoms with Gasteiger partial charge in [-0.25, -0.2) is 4.39 Å². The molecule has 0 heterocycles. The first-order valence-corrected chi connectivity index (χ1v) is 5.20. The Bertz CT molecular complexity index is 291. The normalized spacial score (nSPS) is 12.7. The summed E-state index contributed by atoms with van der Waals surface area (Å²) in [6.07, 6.45) is 1.81. The number of hydrogen-bond donors (Lipinski definition) is 1. The smallest absolute Gasteiger partial charge is 0.127 e. The van der Waals surface area contributed by atoms with Crippen LogP contribution in [-0.4, -0.2) is 20.8 Å². The quantitative estimate of drug-likeness (QED) is 0.730. The van der Waals surface area contributed by atoms with Gasteiger partial charge in [-0.1, -0.05) is 18.2 Å². The van der Waals surface area contributed by atoms with Gasteiger partial charge in [0.1, 0.15) is 5.82 Å². The third-order valence-corrected chi connectivity index (χ3v) is 2.47. The van der Waals surface area contributed by atoms with E-state index in [-0.39, 0.29) is 11.9 Å². The van der Waals surface area contributed by atoms with Gasteiger partial charge in [0.2, 0.25) is 0 Å². The van der Waals surface area contributed by atoms with Crippen LogP contribution in [0.5, 0.6) is 0 Å². The molecule has 1 N–H and O–H groups in total. The van der Waals surface area contributed by atoms with E-state index in [0.717, 1.165) is 18.4 Å². The monoisotopic (exact) mass is 211 g/mol. The molecule has 0 bridgehead atoms. The zero-order chi connectivity index (χ0) is 11.1. The molecule has 1 aromatic carbocycles. The molecular formula is C12H18FNO. The Labute approximate surface area is 90.4 Å². The Balaban J connectivity index is 2.61. The van der Waals surface area contributed by atoms with Gasteiger partial charge >= 0.3 is 0 Å². The minimum Gasteiger partial charge on any atom is -0.385 e. The van der Waals surface area contributed by atoms with E-state index in [4.69, 9.17) is 4.74 Å². The van der Waals surface area contributed by atoms with E-state index in [1.165, 1.54) is 6.07 Å². The van der Waals surface area contributed by atoms with Crippen LogP contribution in [0, 0.1) is 5.82 Å². The summed E-state index contributed by atoms with van der Waals surface area (Å²) < 4.78 is 18.4. The van der Waals surface area contributed by atoms with Crippen molar-refractivity contribution in [3.8, 4) is 0 Å². The van der Waals surface area contributed by atoms with Crippen LogP contribution in [0.15, 0.2) is 24.3 Å². The van der Waals surface area contributed by atoms with Gasteiger partial charge in [-0.3, -0.25) is 0 Å². The van der Waals surface area contributed by atoms with Crippen molar-refractivity contribution < 1.29 is 9.13 Å². The van der Waals surface area contributed by atoms with Crippen LogP contribution in [0.25, 0.3) is 0 Å². The number of methoxy groups -OCH3 is 1. The molecule has 1 atom stereocenters. The van der Waals surface area contributed by atoms with Gasteiger partial charge in [-0.2, -0.15) is 0 Å². The Hall–Kier alpha value is -0.930. The molecule has 1 unspecified atom stereocenters. The molecule has 1 aromatic rings. The lowest BCUT2D eigenvalue weighted by Crippen LogP contribution is -2.18. The second-order valence-electron chi connectivity index (χ2n) is 3.50. The Morgan fingerprint density at radius 3 is 2.73 bits per heavy atom. The minimum absolute atomic E-state index is 0.0707. The summed E-state index contributed by atoms with van der Waals surface area (Å²) in [5, 5.41) is 3.12. The lowest BCUT2D eigenvalue weighted by molar-refractivity contribution is 0.189. The van der Waals surface area contributed by atoms with Crippen molar-refractivity contribution in [3.63, 3.8) is 0 Å². The van der Waals surface area contributed by atoms with Crippen LogP contribution in [0.3, 0.4) is 0 Å². The van der Waals surface area contributed by atoms with E-state index in [2.05, 4.69) is 5.32 Å². The van der Waals surface area contributed by atoms with E-state index in [1.807, 2.05) is 19.2 Å². The molecule has 0 amide bonds. The molecule has 0 aliphatic carbocycles. The highest BCUT2D eigenvalue weighted by Gasteiger charge is 2.12. The second-order valence-corrected chi connectivity index (χ2v) is 3.50. The first-order valence-electron chi connectivity index (χ1n) is 5.20. The second kappa shape index (κ2) is 6.53. The molecule has 0 saturated heterocycles. The predicted molar refractivity (Wildman–Crippen MR) is 59.3 cm³/mol. The van der Waals surface area contributed by atoms with Gasteiger partial charge in [0.15, 0.2) is 0 Å². The molecule has 1 rings (SSSR count). The molecule has 0 radical (unpaired) electrons. The van der Waals surface area contributed by atoms with Crippen molar-refractivity contribution in [1.82, 2.24) is 5.32 Å². The van der Waals surface area contributed by atoms with Crippen molar-refractivity contribution >= 4 is 0 Å². The van der Waals surface area contributed by atoms with Gasteiger partial charge in [0, 0.05) is 25.3 Å². The van der Waals surface area contributed by atoms with E-state index in [0.29, 0.717) is 6.61 Å². The zero-order valence-corrected chi connectivity index (χ0v) is 9.29. The molecular weight excluding hydrogens is 193 g/mol. The highest BCUT2D eigenvalue weighted by atomic mass is 19.1. The summed E-state index contributed by atoms with van der Waals surface area (Å²) >= 11 is 0.